The Bertz CT molecular complexity index is 814. The molecule has 2 heterocycles. The quantitative estimate of drug-likeness (QED) is 0.815. The summed E-state index contributed by atoms with van der Waals surface area (Å²) in [4.78, 5) is 17.1. The molecule has 154 valence electrons. The summed E-state index contributed by atoms with van der Waals surface area (Å²) in [6, 6.07) is 16.8. The van der Waals surface area contributed by atoms with Gasteiger partial charge in [0, 0.05) is 32.2 Å². The number of carbonyl (C=O) groups excluding carboxylic acids is 1. The van der Waals surface area contributed by atoms with E-state index in [0.717, 1.165) is 43.9 Å². The van der Waals surface area contributed by atoms with E-state index in [2.05, 4.69) is 59.1 Å². The number of rotatable bonds is 5. The van der Waals surface area contributed by atoms with Gasteiger partial charge in [-0.05, 0) is 36.6 Å². The lowest BCUT2D eigenvalue weighted by Crippen LogP contribution is -2.55. The van der Waals surface area contributed by atoms with Crippen LogP contribution in [0.2, 0.25) is 0 Å². The smallest absolute Gasteiger partial charge is 0.227 e. The molecule has 2 atom stereocenters. The van der Waals surface area contributed by atoms with Crippen molar-refractivity contribution in [2.45, 2.75) is 32.0 Å². The van der Waals surface area contributed by atoms with Crippen LogP contribution in [-0.4, -0.2) is 55.2 Å². The van der Waals surface area contributed by atoms with Crippen LogP contribution in [0.1, 0.15) is 29.2 Å². The fraction of sp³-hybridized carbons (Fsp3) is 0.435. The predicted octanol–water partition coefficient (Wildman–Crippen LogP) is 2.26. The third-order valence-electron chi connectivity index (χ3n) is 5.99. The molecule has 6 heteroatoms. The van der Waals surface area contributed by atoms with Crippen molar-refractivity contribution in [3.63, 3.8) is 0 Å². The largest absolute Gasteiger partial charge is 0.497 e. The van der Waals surface area contributed by atoms with Crippen LogP contribution in [0.15, 0.2) is 48.5 Å². The Labute approximate surface area is 172 Å². The maximum absolute atomic E-state index is 12.6. The van der Waals surface area contributed by atoms with Crippen molar-refractivity contribution in [2.75, 3.05) is 33.3 Å². The van der Waals surface area contributed by atoms with E-state index < -0.39 is 0 Å². The number of nitrogens with zero attached hydrogens (tertiary/aromatic N) is 2. The molecule has 0 saturated carbocycles. The Hall–Kier alpha value is -2.41. The van der Waals surface area contributed by atoms with Crippen molar-refractivity contribution in [1.82, 2.24) is 20.7 Å². The van der Waals surface area contributed by atoms with E-state index in [1.807, 2.05) is 17.0 Å². The molecule has 2 aliphatic rings. The van der Waals surface area contributed by atoms with Crippen LogP contribution < -0.4 is 15.6 Å². The van der Waals surface area contributed by atoms with Gasteiger partial charge in [-0.15, -0.1) is 0 Å². The van der Waals surface area contributed by atoms with E-state index in [1.165, 1.54) is 11.1 Å². The summed E-state index contributed by atoms with van der Waals surface area (Å²) in [5, 5.41) is 0. The highest BCUT2D eigenvalue weighted by Crippen LogP contribution is 2.26. The normalized spacial score (nSPS) is 22.6. The van der Waals surface area contributed by atoms with Gasteiger partial charge in [0.15, 0.2) is 0 Å². The van der Waals surface area contributed by atoms with Gasteiger partial charge in [-0.3, -0.25) is 9.69 Å². The van der Waals surface area contributed by atoms with E-state index in [-0.39, 0.29) is 18.1 Å². The van der Waals surface area contributed by atoms with Gasteiger partial charge >= 0.3 is 0 Å². The second kappa shape index (κ2) is 8.95. The molecule has 2 unspecified atom stereocenters. The van der Waals surface area contributed by atoms with Gasteiger partial charge in [0.2, 0.25) is 5.91 Å². The van der Waals surface area contributed by atoms with E-state index in [4.69, 9.17) is 4.74 Å². The van der Waals surface area contributed by atoms with Crippen LogP contribution in [0.3, 0.4) is 0 Å². The standard InChI is InChI=1S/C23H30N4O2/c1-17-3-5-18(6-4-17)15-23(28)27-13-11-26(12-14-27)22-16-21(24-25-22)19-7-9-20(29-2)10-8-19/h3-10,21-22,24-25H,11-16H2,1-2H3. The molecule has 0 radical (unpaired) electrons. The number of benzene rings is 2. The van der Waals surface area contributed by atoms with Crippen LogP contribution in [0.5, 0.6) is 5.75 Å². The minimum atomic E-state index is 0.224. The number of piperazine rings is 1. The van der Waals surface area contributed by atoms with Gasteiger partial charge in [0.25, 0.3) is 0 Å². The molecule has 0 aliphatic carbocycles. The summed E-state index contributed by atoms with van der Waals surface area (Å²) in [5.74, 6) is 1.10. The van der Waals surface area contributed by atoms with Crippen LogP contribution in [-0.2, 0) is 11.2 Å². The van der Waals surface area contributed by atoms with E-state index >= 15 is 0 Å². The SMILES string of the molecule is COc1ccc(C2CC(N3CCN(C(=O)Cc4ccc(C)cc4)CC3)NN2)cc1. The lowest BCUT2D eigenvalue weighted by atomic mass is 10.0. The van der Waals surface area contributed by atoms with Crippen molar-refractivity contribution >= 4 is 5.91 Å². The summed E-state index contributed by atoms with van der Waals surface area (Å²) in [6.45, 7) is 5.44. The first-order valence-electron chi connectivity index (χ1n) is 10.3. The molecule has 29 heavy (non-hydrogen) atoms. The monoisotopic (exact) mass is 394 g/mol. The highest BCUT2D eigenvalue weighted by atomic mass is 16.5. The van der Waals surface area contributed by atoms with Gasteiger partial charge < -0.3 is 9.64 Å². The van der Waals surface area contributed by atoms with E-state index in [0.29, 0.717) is 6.42 Å². The van der Waals surface area contributed by atoms with Crippen LogP contribution in [0.25, 0.3) is 0 Å². The number of hydrogen-bond acceptors (Lipinski definition) is 5. The number of aryl methyl sites for hydroxylation is 1. The lowest BCUT2D eigenvalue weighted by molar-refractivity contribution is -0.132. The zero-order valence-corrected chi connectivity index (χ0v) is 17.2. The molecule has 2 aromatic rings. The molecule has 0 spiro atoms. The molecule has 2 aliphatic heterocycles. The highest BCUT2D eigenvalue weighted by molar-refractivity contribution is 5.78. The van der Waals surface area contributed by atoms with Crippen LogP contribution >= 0.6 is 0 Å². The number of nitrogens with one attached hydrogen (secondary N) is 2. The first-order chi connectivity index (χ1) is 14.1. The topological polar surface area (TPSA) is 56.8 Å². The van der Waals surface area contributed by atoms with Crippen molar-refractivity contribution in [3.8, 4) is 5.75 Å². The molecule has 2 saturated heterocycles. The Morgan fingerprint density at radius 3 is 2.34 bits per heavy atom. The number of ether oxygens (including phenoxy) is 1. The first kappa shape index (κ1) is 19.9. The molecule has 2 aromatic carbocycles. The van der Waals surface area contributed by atoms with Gasteiger partial charge in [0.1, 0.15) is 5.75 Å². The number of amides is 1. The van der Waals surface area contributed by atoms with E-state index in [1.54, 1.807) is 7.11 Å². The molecule has 2 N–H and O–H groups in total. The minimum Gasteiger partial charge on any atom is -0.497 e. The van der Waals surface area contributed by atoms with Gasteiger partial charge in [-0.1, -0.05) is 42.0 Å². The molecule has 2 fully saturated rings. The Kier molecular flexibility index (Phi) is 6.13. The van der Waals surface area contributed by atoms with Crippen molar-refractivity contribution in [1.29, 1.82) is 0 Å². The van der Waals surface area contributed by atoms with Crippen molar-refractivity contribution in [2.24, 2.45) is 0 Å². The van der Waals surface area contributed by atoms with Crippen LogP contribution in [0, 0.1) is 6.92 Å². The fourth-order valence-corrected chi connectivity index (χ4v) is 4.11. The molecule has 6 nitrogen and oxygen atoms in total. The third-order valence-corrected chi connectivity index (χ3v) is 5.99. The maximum atomic E-state index is 12.6. The zero-order valence-electron chi connectivity index (χ0n) is 17.2. The van der Waals surface area contributed by atoms with Crippen molar-refractivity contribution in [3.05, 3.63) is 65.2 Å². The fourth-order valence-electron chi connectivity index (χ4n) is 4.11. The second-order valence-corrected chi connectivity index (χ2v) is 7.95. The lowest BCUT2D eigenvalue weighted by Gasteiger charge is -2.37. The number of hydrogen-bond donors (Lipinski definition) is 2. The second-order valence-electron chi connectivity index (χ2n) is 7.95. The summed E-state index contributed by atoms with van der Waals surface area (Å²) in [5.41, 5.74) is 10.4. The Morgan fingerprint density at radius 1 is 1.00 bits per heavy atom. The predicted molar refractivity (Wildman–Crippen MR) is 113 cm³/mol. The maximum Gasteiger partial charge on any atom is 0.227 e. The number of methoxy groups -OCH3 is 1. The summed E-state index contributed by atoms with van der Waals surface area (Å²) < 4.78 is 5.24. The molecular weight excluding hydrogens is 364 g/mol. The molecule has 0 aromatic heterocycles. The van der Waals surface area contributed by atoms with Gasteiger partial charge in [-0.2, -0.15) is 0 Å². The molecule has 4 rings (SSSR count). The molecular formula is C23H30N4O2. The summed E-state index contributed by atoms with van der Waals surface area (Å²) in [6.07, 6.45) is 1.78. The van der Waals surface area contributed by atoms with Gasteiger partial charge in [0.05, 0.1) is 19.7 Å². The Balaban J connectivity index is 1.26. The zero-order chi connectivity index (χ0) is 20.2. The number of hydrazine groups is 1. The van der Waals surface area contributed by atoms with E-state index in [9.17, 15) is 4.79 Å². The highest BCUT2D eigenvalue weighted by Gasteiger charge is 2.32. The minimum absolute atomic E-state index is 0.224. The average Bonchev–Trinajstić information content (AvgIpc) is 3.26. The van der Waals surface area contributed by atoms with Gasteiger partial charge in [-0.25, -0.2) is 10.9 Å². The first-order valence-corrected chi connectivity index (χ1v) is 10.3. The Morgan fingerprint density at radius 2 is 1.69 bits per heavy atom. The molecule has 0 bridgehead atoms. The average molecular weight is 395 g/mol. The van der Waals surface area contributed by atoms with Crippen molar-refractivity contribution < 1.29 is 9.53 Å². The third kappa shape index (κ3) is 4.78. The molecule has 1 amide bonds. The summed E-state index contributed by atoms with van der Waals surface area (Å²) in [7, 11) is 1.69. The summed E-state index contributed by atoms with van der Waals surface area (Å²) >= 11 is 0. The number of carbonyl (C=O) groups is 1. The van der Waals surface area contributed by atoms with Crippen LogP contribution in [0.4, 0.5) is 0 Å².